The molecule has 1 aromatic carbocycles. The molecule has 0 aromatic heterocycles. The number of rotatable bonds is 4. The number of halogens is 1. The summed E-state index contributed by atoms with van der Waals surface area (Å²) in [6, 6.07) is 6.03. The number of ether oxygens (including phenoxy) is 1. The van der Waals surface area contributed by atoms with Gasteiger partial charge in [-0.05, 0) is 30.7 Å². The maximum Gasteiger partial charge on any atom is 0.123 e. The fraction of sp³-hybridized carbons (Fsp3) is 0.571. The molecule has 2 atom stereocenters. The van der Waals surface area contributed by atoms with E-state index in [1.54, 1.807) is 12.1 Å². The minimum Gasteiger partial charge on any atom is -0.488 e. The first kappa shape index (κ1) is 14.0. The third-order valence-corrected chi connectivity index (χ3v) is 2.79. The third-order valence-electron chi connectivity index (χ3n) is 2.79. The lowest BCUT2D eigenvalue weighted by Gasteiger charge is -2.35. The van der Waals surface area contributed by atoms with E-state index in [0.29, 0.717) is 5.75 Å². The molecule has 0 amide bonds. The Morgan fingerprint density at radius 3 is 2.18 bits per heavy atom. The van der Waals surface area contributed by atoms with Gasteiger partial charge >= 0.3 is 0 Å². The topological polar surface area (TPSA) is 35.2 Å². The molecule has 0 aliphatic heterocycles. The number of hydrogen-bond acceptors (Lipinski definition) is 2. The van der Waals surface area contributed by atoms with E-state index in [2.05, 4.69) is 20.8 Å². The van der Waals surface area contributed by atoms with Crippen LogP contribution in [0.4, 0.5) is 4.39 Å². The summed E-state index contributed by atoms with van der Waals surface area (Å²) < 4.78 is 18.7. The molecular formula is C14H22FNO. The van der Waals surface area contributed by atoms with Crippen molar-refractivity contribution >= 4 is 0 Å². The Kier molecular flexibility index (Phi) is 4.52. The van der Waals surface area contributed by atoms with Crippen molar-refractivity contribution in [3.8, 4) is 5.75 Å². The highest BCUT2D eigenvalue weighted by Crippen LogP contribution is 2.27. The molecule has 0 aliphatic rings. The highest BCUT2D eigenvalue weighted by atomic mass is 19.1. The SMILES string of the molecule is CCC(N)C(Oc1ccc(F)cc1)C(C)(C)C. The van der Waals surface area contributed by atoms with E-state index in [-0.39, 0.29) is 23.4 Å². The van der Waals surface area contributed by atoms with Crippen LogP contribution in [0.3, 0.4) is 0 Å². The zero-order valence-corrected chi connectivity index (χ0v) is 11.0. The monoisotopic (exact) mass is 239 g/mol. The van der Waals surface area contributed by atoms with Crippen molar-refractivity contribution < 1.29 is 9.13 Å². The first-order chi connectivity index (χ1) is 7.84. The van der Waals surface area contributed by atoms with Gasteiger partial charge in [-0.3, -0.25) is 0 Å². The van der Waals surface area contributed by atoms with Crippen molar-refractivity contribution in [3.63, 3.8) is 0 Å². The minimum atomic E-state index is -0.260. The third kappa shape index (κ3) is 4.00. The maximum absolute atomic E-state index is 12.8. The molecule has 96 valence electrons. The Balaban J connectivity index is 2.83. The Morgan fingerprint density at radius 1 is 1.24 bits per heavy atom. The van der Waals surface area contributed by atoms with Crippen LogP contribution in [-0.2, 0) is 0 Å². The van der Waals surface area contributed by atoms with E-state index in [4.69, 9.17) is 10.5 Å². The largest absolute Gasteiger partial charge is 0.488 e. The Labute approximate surface area is 103 Å². The van der Waals surface area contributed by atoms with Crippen molar-refractivity contribution in [1.29, 1.82) is 0 Å². The molecule has 2 nitrogen and oxygen atoms in total. The summed E-state index contributed by atoms with van der Waals surface area (Å²) in [6.45, 7) is 8.32. The van der Waals surface area contributed by atoms with Gasteiger partial charge in [0.05, 0.1) is 0 Å². The van der Waals surface area contributed by atoms with Crippen LogP contribution in [0.2, 0.25) is 0 Å². The van der Waals surface area contributed by atoms with E-state index in [9.17, 15) is 4.39 Å². The Hall–Kier alpha value is -1.09. The summed E-state index contributed by atoms with van der Waals surface area (Å²) in [7, 11) is 0. The highest BCUT2D eigenvalue weighted by molar-refractivity contribution is 5.22. The summed E-state index contributed by atoms with van der Waals surface area (Å²) >= 11 is 0. The summed E-state index contributed by atoms with van der Waals surface area (Å²) in [5.41, 5.74) is 6.03. The molecule has 0 saturated carbocycles. The van der Waals surface area contributed by atoms with Crippen molar-refractivity contribution in [2.45, 2.75) is 46.3 Å². The summed E-state index contributed by atoms with van der Waals surface area (Å²) in [5.74, 6) is 0.402. The summed E-state index contributed by atoms with van der Waals surface area (Å²) in [5, 5.41) is 0. The summed E-state index contributed by atoms with van der Waals surface area (Å²) in [4.78, 5) is 0. The average molecular weight is 239 g/mol. The van der Waals surface area contributed by atoms with Gasteiger partial charge < -0.3 is 10.5 Å². The standard InChI is InChI=1S/C14H22FNO/c1-5-12(16)13(14(2,3)4)17-11-8-6-10(15)7-9-11/h6-9,12-13H,5,16H2,1-4H3. The fourth-order valence-electron chi connectivity index (χ4n) is 1.78. The molecule has 0 spiro atoms. The second-order valence-corrected chi connectivity index (χ2v) is 5.43. The second kappa shape index (κ2) is 5.50. The smallest absolute Gasteiger partial charge is 0.123 e. The molecule has 17 heavy (non-hydrogen) atoms. The van der Waals surface area contributed by atoms with E-state index in [1.807, 2.05) is 6.92 Å². The molecule has 2 unspecified atom stereocenters. The molecule has 0 bridgehead atoms. The fourth-order valence-corrected chi connectivity index (χ4v) is 1.78. The first-order valence-electron chi connectivity index (χ1n) is 6.02. The van der Waals surface area contributed by atoms with Crippen LogP contribution in [0.5, 0.6) is 5.75 Å². The number of hydrogen-bond donors (Lipinski definition) is 1. The van der Waals surface area contributed by atoms with Crippen LogP contribution in [0.25, 0.3) is 0 Å². The number of benzene rings is 1. The van der Waals surface area contributed by atoms with Gasteiger partial charge in [0.2, 0.25) is 0 Å². The van der Waals surface area contributed by atoms with Crippen LogP contribution < -0.4 is 10.5 Å². The lowest BCUT2D eigenvalue weighted by atomic mass is 9.84. The molecule has 2 N–H and O–H groups in total. The van der Waals surface area contributed by atoms with Gasteiger partial charge in [-0.15, -0.1) is 0 Å². The lowest BCUT2D eigenvalue weighted by molar-refractivity contribution is 0.0621. The van der Waals surface area contributed by atoms with Crippen molar-refractivity contribution in [2.24, 2.45) is 11.1 Å². The first-order valence-corrected chi connectivity index (χ1v) is 6.02. The van der Waals surface area contributed by atoms with Crippen LogP contribution >= 0.6 is 0 Å². The minimum absolute atomic E-state index is 0.0277. The van der Waals surface area contributed by atoms with Gasteiger partial charge in [0.1, 0.15) is 17.7 Å². The van der Waals surface area contributed by atoms with Crippen LogP contribution in [-0.4, -0.2) is 12.1 Å². The zero-order valence-electron chi connectivity index (χ0n) is 11.0. The summed E-state index contributed by atoms with van der Waals surface area (Å²) in [6.07, 6.45) is 0.765. The highest BCUT2D eigenvalue weighted by Gasteiger charge is 2.31. The molecule has 3 heteroatoms. The van der Waals surface area contributed by atoms with Gasteiger partial charge in [-0.2, -0.15) is 0 Å². The van der Waals surface area contributed by atoms with Gasteiger partial charge in [0, 0.05) is 11.5 Å². The van der Waals surface area contributed by atoms with E-state index < -0.39 is 0 Å². The Morgan fingerprint density at radius 2 is 1.76 bits per heavy atom. The average Bonchev–Trinajstić information content (AvgIpc) is 2.25. The lowest BCUT2D eigenvalue weighted by Crippen LogP contribution is -2.47. The van der Waals surface area contributed by atoms with Crippen molar-refractivity contribution in [2.75, 3.05) is 0 Å². The van der Waals surface area contributed by atoms with Crippen LogP contribution in [0.1, 0.15) is 34.1 Å². The quantitative estimate of drug-likeness (QED) is 0.874. The molecule has 0 aliphatic carbocycles. The molecule has 0 fully saturated rings. The predicted octanol–water partition coefficient (Wildman–Crippen LogP) is 3.36. The van der Waals surface area contributed by atoms with E-state index in [1.165, 1.54) is 12.1 Å². The molecular weight excluding hydrogens is 217 g/mol. The van der Waals surface area contributed by atoms with E-state index in [0.717, 1.165) is 6.42 Å². The van der Waals surface area contributed by atoms with Gasteiger partial charge in [-0.25, -0.2) is 4.39 Å². The van der Waals surface area contributed by atoms with Crippen molar-refractivity contribution in [1.82, 2.24) is 0 Å². The van der Waals surface area contributed by atoms with E-state index >= 15 is 0 Å². The van der Waals surface area contributed by atoms with Gasteiger partial charge in [-0.1, -0.05) is 27.7 Å². The maximum atomic E-state index is 12.8. The molecule has 0 radical (unpaired) electrons. The molecule has 1 rings (SSSR count). The van der Waals surface area contributed by atoms with Crippen LogP contribution in [0, 0.1) is 11.2 Å². The predicted molar refractivity (Wildman–Crippen MR) is 68.5 cm³/mol. The number of nitrogens with two attached hydrogens (primary N) is 1. The van der Waals surface area contributed by atoms with Gasteiger partial charge in [0.15, 0.2) is 0 Å². The normalized spacial score (nSPS) is 15.4. The van der Waals surface area contributed by atoms with Crippen molar-refractivity contribution in [3.05, 3.63) is 30.1 Å². The molecule has 0 saturated heterocycles. The zero-order chi connectivity index (χ0) is 13.1. The molecule has 1 aromatic rings. The molecule has 0 heterocycles. The van der Waals surface area contributed by atoms with Gasteiger partial charge in [0.25, 0.3) is 0 Å². The van der Waals surface area contributed by atoms with Crippen LogP contribution in [0.15, 0.2) is 24.3 Å². The second-order valence-electron chi connectivity index (χ2n) is 5.43. The Bertz CT molecular complexity index is 342.